The van der Waals surface area contributed by atoms with Crippen molar-refractivity contribution in [3.63, 3.8) is 0 Å². The average Bonchev–Trinajstić information content (AvgIpc) is 2.76. The fourth-order valence-corrected chi connectivity index (χ4v) is 4.04. The smallest absolute Gasteiger partial charge is 0.0612 e. The number of hydrogen-bond donors (Lipinski definition) is 2. The minimum absolute atomic E-state index is 0.0652. The van der Waals surface area contributed by atoms with Gasteiger partial charge in [-0.1, -0.05) is 6.42 Å². The van der Waals surface area contributed by atoms with Crippen LogP contribution in [0.15, 0.2) is 15.9 Å². The van der Waals surface area contributed by atoms with Crippen LogP contribution >= 0.6 is 27.3 Å². The van der Waals surface area contributed by atoms with Gasteiger partial charge in [0.15, 0.2) is 0 Å². The fraction of sp³-hybridized carbons (Fsp3) is 0.636. The molecule has 2 rings (SSSR count). The third kappa shape index (κ3) is 2.28. The van der Waals surface area contributed by atoms with Crippen LogP contribution in [0.2, 0.25) is 0 Å². The molecule has 0 bridgehead atoms. The molecule has 0 aromatic carbocycles. The molecule has 4 heteroatoms. The first-order valence-corrected chi connectivity index (χ1v) is 6.95. The van der Waals surface area contributed by atoms with Crippen LogP contribution < -0.4 is 5.73 Å². The molecule has 0 saturated heterocycles. The molecule has 1 heterocycles. The van der Waals surface area contributed by atoms with Crippen LogP contribution in [0.1, 0.15) is 24.1 Å². The molecule has 0 spiro atoms. The summed E-state index contributed by atoms with van der Waals surface area (Å²) in [6.45, 7) is 0.587. The topological polar surface area (TPSA) is 46.2 Å². The van der Waals surface area contributed by atoms with Gasteiger partial charge in [-0.2, -0.15) is 0 Å². The molecule has 0 radical (unpaired) electrons. The summed E-state index contributed by atoms with van der Waals surface area (Å²) in [7, 11) is 0. The predicted molar refractivity (Wildman–Crippen MR) is 67.1 cm³/mol. The van der Waals surface area contributed by atoms with Crippen molar-refractivity contribution in [2.75, 3.05) is 6.54 Å². The lowest BCUT2D eigenvalue weighted by Crippen LogP contribution is -2.39. The second-order valence-corrected chi connectivity index (χ2v) is 6.29. The summed E-state index contributed by atoms with van der Waals surface area (Å²) >= 11 is 5.19. The first kappa shape index (κ1) is 11.6. The van der Waals surface area contributed by atoms with Crippen LogP contribution in [-0.2, 0) is 6.42 Å². The van der Waals surface area contributed by atoms with Gasteiger partial charge in [0.1, 0.15) is 0 Å². The van der Waals surface area contributed by atoms with E-state index in [1.165, 1.54) is 4.88 Å². The number of halogens is 1. The largest absolute Gasteiger partial charge is 0.392 e. The van der Waals surface area contributed by atoms with E-state index in [9.17, 15) is 5.11 Å². The zero-order valence-corrected chi connectivity index (χ0v) is 11.0. The monoisotopic (exact) mass is 289 g/mol. The van der Waals surface area contributed by atoms with Crippen LogP contribution in [0.3, 0.4) is 0 Å². The van der Waals surface area contributed by atoms with Crippen LogP contribution in [-0.4, -0.2) is 17.8 Å². The lowest BCUT2D eigenvalue weighted by molar-refractivity contribution is 0.0594. The van der Waals surface area contributed by atoms with E-state index in [-0.39, 0.29) is 11.5 Å². The summed E-state index contributed by atoms with van der Waals surface area (Å²) in [5.74, 6) is 0. The van der Waals surface area contributed by atoms with Crippen molar-refractivity contribution in [3.05, 3.63) is 20.8 Å². The number of hydrogen-bond acceptors (Lipinski definition) is 3. The third-order valence-corrected chi connectivity index (χ3v) is 5.11. The SMILES string of the molecule is NCC1(Cc2cc(Br)cs2)CCCC1O. The Morgan fingerprint density at radius 3 is 2.93 bits per heavy atom. The second kappa shape index (κ2) is 4.53. The summed E-state index contributed by atoms with van der Waals surface area (Å²) in [5, 5.41) is 12.1. The van der Waals surface area contributed by atoms with Gasteiger partial charge >= 0.3 is 0 Å². The van der Waals surface area contributed by atoms with Crippen molar-refractivity contribution in [3.8, 4) is 0 Å². The fourth-order valence-electron chi connectivity index (χ4n) is 2.43. The van der Waals surface area contributed by atoms with Crippen LogP contribution in [0, 0.1) is 5.41 Å². The van der Waals surface area contributed by atoms with Crippen LogP contribution in [0.4, 0.5) is 0 Å². The predicted octanol–water partition coefficient (Wildman–Crippen LogP) is 2.54. The van der Waals surface area contributed by atoms with E-state index in [0.717, 1.165) is 30.2 Å². The molecule has 15 heavy (non-hydrogen) atoms. The van der Waals surface area contributed by atoms with Gasteiger partial charge in [-0.3, -0.25) is 0 Å². The highest BCUT2D eigenvalue weighted by Gasteiger charge is 2.41. The van der Waals surface area contributed by atoms with Crippen molar-refractivity contribution in [1.82, 2.24) is 0 Å². The highest BCUT2D eigenvalue weighted by atomic mass is 79.9. The van der Waals surface area contributed by atoms with Gasteiger partial charge in [0.05, 0.1) is 6.10 Å². The van der Waals surface area contributed by atoms with Gasteiger partial charge in [-0.15, -0.1) is 11.3 Å². The van der Waals surface area contributed by atoms with E-state index in [4.69, 9.17) is 5.73 Å². The van der Waals surface area contributed by atoms with Crippen molar-refractivity contribution in [1.29, 1.82) is 0 Å². The number of thiophene rings is 1. The molecule has 1 aliphatic rings. The van der Waals surface area contributed by atoms with E-state index in [1.807, 2.05) is 0 Å². The number of aliphatic hydroxyl groups excluding tert-OH is 1. The van der Waals surface area contributed by atoms with Crippen LogP contribution in [0.5, 0.6) is 0 Å². The standard InChI is InChI=1S/C11H16BrNOS/c12-8-4-9(15-6-8)5-11(7-13)3-1-2-10(11)14/h4,6,10,14H,1-3,5,7,13H2. The number of rotatable bonds is 3. The molecule has 84 valence electrons. The highest BCUT2D eigenvalue weighted by molar-refractivity contribution is 9.10. The van der Waals surface area contributed by atoms with Crippen molar-refractivity contribution < 1.29 is 5.11 Å². The van der Waals surface area contributed by atoms with Gasteiger partial charge < -0.3 is 10.8 Å². The van der Waals surface area contributed by atoms with Gasteiger partial charge in [-0.05, 0) is 41.3 Å². The molecule has 1 aromatic heterocycles. The molecule has 0 amide bonds. The molecule has 2 nitrogen and oxygen atoms in total. The maximum absolute atomic E-state index is 10.0. The quantitative estimate of drug-likeness (QED) is 0.898. The summed E-state index contributed by atoms with van der Waals surface area (Å²) in [6.07, 6.45) is 3.76. The summed E-state index contributed by atoms with van der Waals surface area (Å²) in [6, 6.07) is 2.13. The Morgan fingerprint density at radius 2 is 2.47 bits per heavy atom. The van der Waals surface area contributed by atoms with Gasteiger partial charge in [0, 0.05) is 26.7 Å². The molecular formula is C11H16BrNOS. The molecule has 1 saturated carbocycles. The zero-order valence-electron chi connectivity index (χ0n) is 8.58. The molecule has 1 fully saturated rings. The van der Waals surface area contributed by atoms with Gasteiger partial charge in [-0.25, -0.2) is 0 Å². The Hall–Kier alpha value is 0.1000. The van der Waals surface area contributed by atoms with Crippen molar-refractivity contribution in [2.24, 2.45) is 11.1 Å². The van der Waals surface area contributed by atoms with E-state index in [1.54, 1.807) is 11.3 Å². The number of nitrogens with two attached hydrogens (primary N) is 1. The van der Waals surface area contributed by atoms with Crippen molar-refractivity contribution >= 4 is 27.3 Å². The maximum atomic E-state index is 10.0. The zero-order chi connectivity index (χ0) is 10.9. The van der Waals surface area contributed by atoms with Crippen LogP contribution in [0.25, 0.3) is 0 Å². The second-order valence-electron chi connectivity index (χ2n) is 4.38. The lowest BCUT2D eigenvalue weighted by Gasteiger charge is -2.30. The first-order chi connectivity index (χ1) is 7.16. The van der Waals surface area contributed by atoms with Crippen molar-refractivity contribution in [2.45, 2.75) is 31.8 Å². The summed E-state index contributed by atoms with van der Waals surface area (Å²) in [5.41, 5.74) is 5.78. The number of aliphatic hydroxyl groups is 1. The Labute approximate surface area is 103 Å². The lowest BCUT2D eigenvalue weighted by atomic mass is 9.80. The Morgan fingerprint density at radius 1 is 1.67 bits per heavy atom. The molecular weight excluding hydrogens is 274 g/mol. The highest BCUT2D eigenvalue weighted by Crippen LogP contribution is 2.41. The van der Waals surface area contributed by atoms with Gasteiger partial charge in [0.25, 0.3) is 0 Å². The molecule has 3 N–H and O–H groups in total. The summed E-state index contributed by atoms with van der Waals surface area (Å²) < 4.78 is 1.13. The van der Waals surface area contributed by atoms with E-state index in [0.29, 0.717) is 6.54 Å². The Bertz CT molecular complexity index is 341. The van der Waals surface area contributed by atoms with E-state index in [2.05, 4.69) is 27.4 Å². The molecule has 2 unspecified atom stereocenters. The Kier molecular flexibility index (Phi) is 3.50. The minimum Gasteiger partial charge on any atom is -0.392 e. The van der Waals surface area contributed by atoms with Gasteiger partial charge in [0.2, 0.25) is 0 Å². The van der Waals surface area contributed by atoms with E-state index >= 15 is 0 Å². The summed E-state index contributed by atoms with van der Waals surface area (Å²) in [4.78, 5) is 1.31. The normalized spacial score (nSPS) is 31.0. The molecule has 0 aliphatic heterocycles. The average molecular weight is 290 g/mol. The third-order valence-electron chi connectivity index (χ3n) is 3.41. The maximum Gasteiger partial charge on any atom is 0.0612 e. The molecule has 1 aromatic rings. The first-order valence-electron chi connectivity index (χ1n) is 5.27. The molecule has 1 aliphatic carbocycles. The minimum atomic E-state index is -0.219. The molecule has 2 atom stereocenters. The Balaban J connectivity index is 2.14. The van der Waals surface area contributed by atoms with E-state index < -0.39 is 0 Å².